The molecule has 0 N–H and O–H groups in total. The molecule has 0 fully saturated rings. The van der Waals surface area contributed by atoms with Crippen molar-refractivity contribution in [2.24, 2.45) is 0 Å². The molecular weight excluding hydrogens is 214 g/mol. The quantitative estimate of drug-likeness (QED) is 0.560. The number of aryl methyl sites for hydroxylation is 1. The first-order chi connectivity index (χ1) is 7.06. The number of nitriles is 1. The molecular formula is C9H11N3O2S. The highest BCUT2D eigenvalue weighted by Gasteiger charge is 2.16. The fourth-order valence-electron chi connectivity index (χ4n) is 0.974. The van der Waals surface area contributed by atoms with Crippen LogP contribution in [0.15, 0.2) is 17.6 Å². The minimum absolute atomic E-state index is 0.0797. The summed E-state index contributed by atoms with van der Waals surface area (Å²) in [6, 6.07) is 1.90. The first-order valence-electron chi connectivity index (χ1n) is 4.44. The minimum atomic E-state index is -3.42. The summed E-state index contributed by atoms with van der Waals surface area (Å²) in [5.74, 6) is -0.0797. The molecule has 0 aliphatic heterocycles. The Bertz CT molecular complexity index is 459. The fraction of sp³-hybridized carbons (Fsp3) is 0.444. The second kappa shape index (κ2) is 4.84. The number of aromatic nitrogens is 2. The Morgan fingerprint density at radius 1 is 1.40 bits per heavy atom. The molecule has 0 spiro atoms. The highest BCUT2D eigenvalue weighted by atomic mass is 32.2. The van der Waals surface area contributed by atoms with Crippen molar-refractivity contribution in [2.45, 2.75) is 24.9 Å². The second-order valence-electron chi connectivity index (χ2n) is 3.12. The van der Waals surface area contributed by atoms with E-state index in [1.165, 1.54) is 12.4 Å². The van der Waals surface area contributed by atoms with Gasteiger partial charge in [-0.15, -0.1) is 0 Å². The summed E-state index contributed by atoms with van der Waals surface area (Å²) < 4.78 is 23.2. The average Bonchev–Trinajstić information content (AvgIpc) is 2.18. The van der Waals surface area contributed by atoms with Crippen LogP contribution in [0.4, 0.5) is 0 Å². The summed E-state index contributed by atoms with van der Waals surface area (Å²) in [6.45, 7) is 1.78. The Morgan fingerprint density at radius 3 is 2.53 bits per heavy atom. The van der Waals surface area contributed by atoms with E-state index >= 15 is 0 Å². The molecule has 0 bridgehead atoms. The summed E-state index contributed by atoms with van der Waals surface area (Å²) in [7, 11) is -3.42. The fourth-order valence-corrected chi connectivity index (χ4v) is 2.11. The highest BCUT2D eigenvalue weighted by molar-refractivity contribution is 7.91. The van der Waals surface area contributed by atoms with E-state index in [0.29, 0.717) is 6.42 Å². The van der Waals surface area contributed by atoms with Gasteiger partial charge in [0.15, 0.2) is 0 Å². The zero-order chi connectivity index (χ0) is 11.3. The monoisotopic (exact) mass is 225 g/mol. The smallest absolute Gasteiger partial charge is 0.227 e. The third-order valence-corrected chi connectivity index (χ3v) is 3.33. The van der Waals surface area contributed by atoms with Crippen LogP contribution in [0.3, 0.4) is 0 Å². The van der Waals surface area contributed by atoms with Gasteiger partial charge in [-0.3, -0.25) is 0 Å². The molecule has 0 aliphatic carbocycles. The lowest BCUT2D eigenvalue weighted by Gasteiger charge is -2.00. The molecule has 0 amide bonds. The van der Waals surface area contributed by atoms with Crippen molar-refractivity contribution in [3.63, 3.8) is 0 Å². The van der Waals surface area contributed by atoms with Gasteiger partial charge in [0.1, 0.15) is 0 Å². The molecule has 0 radical (unpaired) electrons. The van der Waals surface area contributed by atoms with E-state index in [2.05, 4.69) is 9.97 Å². The third kappa shape index (κ3) is 3.29. The van der Waals surface area contributed by atoms with Gasteiger partial charge >= 0.3 is 0 Å². The molecule has 1 rings (SSSR count). The van der Waals surface area contributed by atoms with Crippen LogP contribution in [0.25, 0.3) is 0 Å². The van der Waals surface area contributed by atoms with Crippen molar-refractivity contribution in [1.82, 2.24) is 9.97 Å². The Kier molecular flexibility index (Phi) is 3.74. The predicted molar refractivity (Wildman–Crippen MR) is 53.7 cm³/mol. The largest absolute Gasteiger partial charge is 0.247 e. The molecule has 5 nitrogen and oxygen atoms in total. The lowest BCUT2D eigenvalue weighted by Crippen LogP contribution is -2.10. The maximum Gasteiger partial charge on any atom is 0.247 e. The Morgan fingerprint density at radius 2 is 2.00 bits per heavy atom. The lowest BCUT2D eigenvalue weighted by molar-refractivity contribution is 0.584. The molecule has 1 aromatic rings. The van der Waals surface area contributed by atoms with Crippen molar-refractivity contribution in [1.29, 1.82) is 5.26 Å². The van der Waals surface area contributed by atoms with E-state index in [9.17, 15) is 8.42 Å². The Labute approximate surface area is 88.7 Å². The topological polar surface area (TPSA) is 83.7 Å². The molecule has 1 heterocycles. The maximum atomic E-state index is 11.6. The maximum absolute atomic E-state index is 11.6. The molecule has 80 valence electrons. The van der Waals surface area contributed by atoms with Gasteiger partial charge in [-0.2, -0.15) is 5.26 Å². The van der Waals surface area contributed by atoms with Crippen LogP contribution in [0.5, 0.6) is 0 Å². The third-order valence-electron chi connectivity index (χ3n) is 1.74. The van der Waals surface area contributed by atoms with E-state index < -0.39 is 9.84 Å². The van der Waals surface area contributed by atoms with Gasteiger partial charge in [0.2, 0.25) is 15.0 Å². The van der Waals surface area contributed by atoms with Crippen molar-refractivity contribution in [3.05, 3.63) is 18.0 Å². The summed E-state index contributed by atoms with van der Waals surface area (Å²) in [5.41, 5.74) is 0.811. The number of sulfone groups is 1. The van der Waals surface area contributed by atoms with Gasteiger partial charge in [-0.25, -0.2) is 18.4 Å². The summed E-state index contributed by atoms with van der Waals surface area (Å²) in [6.07, 6.45) is 3.47. The second-order valence-corrected chi connectivity index (χ2v) is 5.13. The number of hydrogen-bond donors (Lipinski definition) is 0. The van der Waals surface area contributed by atoms with E-state index in [0.717, 1.165) is 5.56 Å². The molecule has 0 aromatic carbocycles. The standard InChI is InChI=1S/C9H11N3O2S/c1-8-6-11-9(12-7-8)15(13,14)5-3-2-4-10/h6-7H,2-3,5H2,1H3. The Hall–Kier alpha value is -1.48. The van der Waals surface area contributed by atoms with Gasteiger partial charge in [-0.05, 0) is 18.9 Å². The van der Waals surface area contributed by atoms with Crippen LogP contribution in [0, 0.1) is 18.3 Å². The minimum Gasteiger partial charge on any atom is -0.227 e. The van der Waals surface area contributed by atoms with Crippen molar-refractivity contribution in [2.75, 3.05) is 5.75 Å². The zero-order valence-electron chi connectivity index (χ0n) is 8.34. The van der Waals surface area contributed by atoms with Crippen LogP contribution in [0.2, 0.25) is 0 Å². The molecule has 0 atom stereocenters. The molecule has 0 saturated carbocycles. The number of hydrogen-bond acceptors (Lipinski definition) is 5. The van der Waals surface area contributed by atoms with E-state index in [1.807, 2.05) is 6.07 Å². The van der Waals surface area contributed by atoms with E-state index in [-0.39, 0.29) is 17.3 Å². The normalized spacial score (nSPS) is 10.9. The van der Waals surface area contributed by atoms with Crippen LogP contribution in [0.1, 0.15) is 18.4 Å². The molecule has 0 unspecified atom stereocenters. The van der Waals surface area contributed by atoms with Crippen LogP contribution < -0.4 is 0 Å². The van der Waals surface area contributed by atoms with Gasteiger partial charge in [0, 0.05) is 18.8 Å². The highest BCUT2D eigenvalue weighted by Crippen LogP contribution is 2.06. The van der Waals surface area contributed by atoms with Gasteiger partial charge < -0.3 is 0 Å². The van der Waals surface area contributed by atoms with Gasteiger partial charge in [0.05, 0.1) is 11.8 Å². The first kappa shape index (κ1) is 11.6. The van der Waals surface area contributed by atoms with Crippen molar-refractivity contribution >= 4 is 9.84 Å². The molecule has 15 heavy (non-hydrogen) atoms. The number of rotatable bonds is 4. The van der Waals surface area contributed by atoms with E-state index in [1.54, 1.807) is 6.92 Å². The van der Waals surface area contributed by atoms with Crippen molar-refractivity contribution in [3.8, 4) is 6.07 Å². The molecule has 6 heteroatoms. The van der Waals surface area contributed by atoms with Crippen LogP contribution >= 0.6 is 0 Å². The van der Waals surface area contributed by atoms with Crippen LogP contribution in [-0.4, -0.2) is 24.1 Å². The summed E-state index contributed by atoms with van der Waals surface area (Å²) in [5, 5.41) is 8.13. The number of unbranched alkanes of at least 4 members (excludes halogenated alkanes) is 1. The van der Waals surface area contributed by atoms with Gasteiger partial charge in [-0.1, -0.05) is 0 Å². The number of nitrogens with zero attached hydrogens (tertiary/aromatic N) is 3. The SMILES string of the molecule is Cc1cnc(S(=O)(=O)CCCC#N)nc1. The zero-order valence-corrected chi connectivity index (χ0v) is 9.16. The lowest BCUT2D eigenvalue weighted by atomic mass is 10.4. The van der Waals surface area contributed by atoms with Crippen LogP contribution in [-0.2, 0) is 9.84 Å². The predicted octanol–water partition coefficient (Wildman–Crippen LogP) is 0.862. The summed E-state index contributed by atoms with van der Waals surface area (Å²) in [4.78, 5) is 7.49. The van der Waals surface area contributed by atoms with Gasteiger partial charge in [0.25, 0.3) is 0 Å². The Balaban J connectivity index is 2.79. The van der Waals surface area contributed by atoms with E-state index in [4.69, 9.17) is 5.26 Å². The average molecular weight is 225 g/mol. The first-order valence-corrected chi connectivity index (χ1v) is 6.10. The molecule has 0 saturated heterocycles. The molecule has 0 aliphatic rings. The summed E-state index contributed by atoms with van der Waals surface area (Å²) >= 11 is 0. The van der Waals surface area contributed by atoms with Crippen molar-refractivity contribution < 1.29 is 8.42 Å². The molecule has 1 aromatic heterocycles.